The van der Waals surface area contributed by atoms with Crippen molar-refractivity contribution in [1.29, 1.82) is 5.26 Å². The molecule has 0 saturated heterocycles. The van der Waals surface area contributed by atoms with Crippen molar-refractivity contribution in [3.05, 3.63) is 53.9 Å². The molecular formula is C18H19N5O2S. The number of nitrogens with one attached hydrogen (secondary N) is 1. The summed E-state index contributed by atoms with van der Waals surface area (Å²) in [4.78, 5) is 4.56. The lowest BCUT2D eigenvalue weighted by molar-refractivity contribution is 0.598. The van der Waals surface area contributed by atoms with E-state index < -0.39 is 10.0 Å². The second-order valence-electron chi connectivity index (χ2n) is 5.97. The number of aryl methyl sites for hydroxylation is 2. The topological polar surface area (TPSA) is 114 Å². The van der Waals surface area contributed by atoms with E-state index in [1.807, 2.05) is 37.4 Å². The highest BCUT2D eigenvalue weighted by Crippen LogP contribution is 2.20. The van der Waals surface area contributed by atoms with Crippen LogP contribution in [0.2, 0.25) is 0 Å². The fourth-order valence-electron chi connectivity index (χ4n) is 2.84. The Morgan fingerprint density at radius 1 is 1.27 bits per heavy atom. The molecule has 0 aliphatic rings. The Balaban J connectivity index is 1.65. The normalized spacial score (nSPS) is 11.4. The Morgan fingerprint density at radius 2 is 2.04 bits per heavy atom. The summed E-state index contributed by atoms with van der Waals surface area (Å²) >= 11 is 0. The summed E-state index contributed by atoms with van der Waals surface area (Å²) in [7, 11) is -1.82. The van der Waals surface area contributed by atoms with Gasteiger partial charge in [-0.05, 0) is 36.8 Å². The zero-order valence-electron chi connectivity index (χ0n) is 14.3. The van der Waals surface area contributed by atoms with Gasteiger partial charge in [-0.15, -0.1) is 0 Å². The predicted molar refractivity (Wildman–Crippen MR) is 100 cm³/mol. The number of hydrogen-bond acceptors (Lipinski definition) is 5. The molecule has 8 heteroatoms. The molecular weight excluding hydrogens is 350 g/mol. The zero-order valence-corrected chi connectivity index (χ0v) is 15.1. The highest BCUT2D eigenvalue weighted by atomic mass is 32.2. The molecule has 0 aliphatic heterocycles. The number of anilines is 1. The van der Waals surface area contributed by atoms with E-state index in [1.165, 1.54) is 12.1 Å². The second kappa shape index (κ2) is 7.15. The smallest absolute Gasteiger partial charge is 0.238 e. The van der Waals surface area contributed by atoms with Crippen LogP contribution in [0.3, 0.4) is 0 Å². The molecule has 26 heavy (non-hydrogen) atoms. The van der Waals surface area contributed by atoms with Crippen LogP contribution in [-0.2, 0) is 23.5 Å². The minimum Gasteiger partial charge on any atom is -0.384 e. The van der Waals surface area contributed by atoms with Crippen LogP contribution in [-0.4, -0.2) is 24.5 Å². The van der Waals surface area contributed by atoms with Gasteiger partial charge in [-0.25, -0.2) is 18.5 Å². The van der Waals surface area contributed by atoms with Gasteiger partial charge in [0.1, 0.15) is 11.9 Å². The number of nitriles is 1. The Morgan fingerprint density at radius 3 is 2.73 bits per heavy atom. The van der Waals surface area contributed by atoms with Crippen LogP contribution in [0.25, 0.3) is 11.0 Å². The molecule has 134 valence electrons. The lowest BCUT2D eigenvalue weighted by Gasteiger charge is -2.09. The first-order chi connectivity index (χ1) is 12.4. The third-order valence-electron chi connectivity index (χ3n) is 4.21. The van der Waals surface area contributed by atoms with Gasteiger partial charge in [-0.2, -0.15) is 5.26 Å². The second-order valence-corrected chi connectivity index (χ2v) is 7.53. The Labute approximate surface area is 152 Å². The van der Waals surface area contributed by atoms with Crippen molar-refractivity contribution in [3.63, 3.8) is 0 Å². The molecule has 0 spiro atoms. The van der Waals surface area contributed by atoms with E-state index in [4.69, 9.17) is 5.14 Å². The molecule has 3 N–H and O–H groups in total. The van der Waals surface area contributed by atoms with Crippen molar-refractivity contribution < 1.29 is 8.42 Å². The van der Waals surface area contributed by atoms with Gasteiger partial charge >= 0.3 is 0 Å². The third-order valence-corrected chi connectivity index (χ3v) is 5.12. The van der Waals surface area contributed by atoms with Crippen LogP contribution in [0.5, 0.6) is 0 Å². The number of para-hydroxylation sites is 2. The average molecular weight is 369 g/mol. The maximum atomic E-state index is 11.4. The third kappa shape index (κ3) is 3.69. The number of fused-ring (bicyclic) bond motifs is 1. The summed E-state index contributed by atoms with van der Waals surface area (Å²) in [6, 6.07) is 14.2. The van der Waals surface area contributed by atoms with Crippen LogP contribution >= 0.6 is 0 Å². The molecule has 0 aliphatic carbocycles. The molecule has 7 nitrogen and oxygen atoms in total. The highest BCUT2D eigenvalue weighted by molar-refractivity contribution is 7.89. The van der Waals surface area contributed by atoms with Crippen molar-refractivity contribution in [2.75, 3.05) is 11.9 Å². The standard InChI is InChI=1S/C18H19N5O2S/c1-23-17-6-3-2-5-16(17)22-18(23)7-4-10-21-15-9-8-14(26(20,24)25)11-13(15)12-19/h2-3,5-6,8-9,11,21H,4,7,10H2,1H3,(H2,20,24,25). The van der Waals surface area contributed by atoms with Gasteiger partial charge in [0.05, 0.1) is 27.2 Å². The molecule has 3 aromatic rings. The van der Waals surface area contributed by atoms with E-state index in [9.17, 15) is 13.7 Å². The Kier molecular flexibility index (Phi) is 4.93. The highest BCUT2D eigenvalue weighted by Gasteiger charge is 2.11. The number of nitrogens with two attached hydrogens (primary N) is 1. The minimum absolute atomic E-state index is 0.0701. The van der Waals surface area contributed by atoms with Crippen LogP contribution in [0.1, 0.15) is 17.8 Å². The fourth-order valence-corrected chi connectivity index (χ4v) is 3.38. The molecule has 0 unspecified atom stereocenters. The van der Waals surface area contributed by atoms with Gasteiger partial charge in [-0.1, -0.05) is 12.1 Å². The number of nitrogens with zero attached hydrogens (tertiary/aromatic N) is 3. The number of hydrogen-bond donors (Lipinski definition) is 2. The molecule has 0 bridgehead atoms. The van der Waals surface area contributed by atoms with Crippen LogP contribution < -0.4 is 10.5 Å². The van der Waals surface area contributed by atoms with Crippen molar-refractivity contribution in [1.82, 2.24) is 9.55 Å². The fraction of sp³-hybridized carbons (Fsp3) is 0.222. The van der Waals surface area contributed by atoms with Gasteiger partial charge in [-0.3, -0.25) is 0 Å². The molecule has 3 rings (SSSR count). The summed E-state index contributed by atoms with van der Waals surface area (Å²) in [5.74, 6) is 0.998. The lowest BCUT2D eigenvalue weighted by atomic mass is 10.2. The molecule has 1 aromatic heterocycles. The first kappa shape index (κ1) is 17.9. The first-order valence-electron chi connectivity index (χ1n) is 8.11. The van der Waals surface area contributed by atoms with Gasteiger partial charge < -0.3 is 9.88 Å². The van der Waals surface area contributed by atoms with E-state index in [0.29, 0.717) is 12.2 Å². The molecule has 1 heterocycles. The van der Waals surface area contributed by atoms with E-state index in [2.05, 4.69) is 14.9 Å². The monoisotopic (exact) mass is 369 g/mol. The molecule has 0 fully saturated rings. The maximum absolute atomic E-state index is 11.4. The number of benzene rings is 2. The molecule has 0 amide bonds. The summed E-state index contributed by atoms with van der Waals surface area (Å²) in [6.07, 6.45) is 1.61. The van der Waals surface area contributed by atoms with Crippen LogP contribution in [0, 0.1) is 11.3 Å². The van der Waals surface area contributed by atoms with Crippen molar-refractivity contribution in [2.45, 2.75) is 17.7 Å². The van der Waals surface area contributed by atoms with Crippen LogP contribution in [0.4, 0.5) is 5.69 Å². The molecule has 0 radical (unpaired) electrons. The van der Waals surface area contributed by atoms with Gasteiger partial charge in [0.15, 0.2) is 0 Å². The molecule has 0 atom stereocenters. The van der Waals surface area contributed by atoms with Gasteiger partial charge in [0.25, 0.3) is 0 Å². The zero-order chi connectivity index (χ0) is 18.7. The predicted octanol–water partition coefficient (Wildman–Crippen LogP) is 2.14. The van der Waals surface area contributed by atoms with Crippen molar-refractivity contribution >= 4 is 26.7 Å². The molecule has 2 aromatic carbocycles. The maximum Gasteiger partial charge on any atom is 0.238 e. The summed E-state index contributed by atoms with van der Waals surface area (Å²) < 4.78 is 24.8. The number of sulfonamides is 1. The van der Waals surface area contributed by atoms with Crippen LogP contribution in [0.15, 0.2) is 47.4 Å². The average Bonchev–Trinajstić information content (AvgIpc) is 2.94. The Bertz CT molecular complexity index is 1100. The van der Waals surface area contributed by atoms with E-state index >= 15 is 0 Å². The number of rotatable bonds is 6. The molecule has 0 saturated carbocycles. The van der Waals surface area contributed by atoms with E-state index in [1.54, 1.807) is 6.07 Å². The van der Waals surface area contributed by atoms with E-state index in [-0.39, 0.29) is 10.5 Å². The minimum atomic E-state index is -3.82. The summed E-state index contributed by atoms with van der Waals surface area (Å²) in [5, 5.41) is 17.5. The summed E-state index contributed by atoms with van der Waals surface area (Å²) in [6.45, 7) is 0.632. The van der Waals surface area contributed by atoms with Gasteiger partial charge in [0, 0.05) is 20.0 Å². The largest absolute Gasteiger partial charge is 0.384 e. The van der Waals surface area contributed by atoms with Crippen molar-refractivity contribution in [3.8, 4) is 6.07 Å². The summed E-state index contributed by atoms with van der Waals surface area (Å²) in [5.41, 5.74) is 2.91. The van der Waals surface area contributed by atoms with E-state index in [0.717, 1.165) is 29.7 Å². The SMILES string of the molecule is Cn1c(CCCNc2ccc(S(N)(=O)=O)cc2C#N)nc2ccccc21. The number of aromatic nitrogens is 2. The Hall–Kier alpha value is -2.89. The number of imidazole rings is 1. The first-order valence-corrected chi connectivity index (χ1v) is 9.66. The van der Waals surface area contributed by atoms with Crippen molar-refractivity contribution in [2.24, 2.45) is 12.2 Å². The van der Waals surface area contributed by atoms with Gasteiger partial charge in [0.2, 0.25) is 10.0 Å². The number of primary sulfonamides is 1. The quantitative estimate of drug-likeness (QED) is 0.646. The lowest BCUT2D eigenvalue weighted by Crippen LogP contribution is -2.13.